The van der Waals surface area contributed by atoms with Crippen LogP contribution in [-0.2, 0) is 14.8 Å². The molecule has 0 radical (unpaired) electrons. The van der Waals surface area contributed by atoms with Gasteiger partial charge in [0.05, 0.1) is 11.8 Å². The Balaban J connectivity index is 1.75. The topological polar surface area (TPSA) is 54.5 Å². The van der Waals surface area contributed by atoms with Gasteiger partial charge in [0.15, 0.2) is 0 Å². The predicted molar refractivity (Wildman–Crippen MR) is 89.9 cm³/mol. The average Bonchev–Trinajstić information content (AvgIpc) is 2.93. The highest BCUT2D eigenvalue weighted by molar-refractivity contribution is 7.90. The highest BCUT2D eigenvalue weighted by Crippen LogP contribution is 2.69. The third kappa shape index (κ3) is 2.33. The number of nitrogens with zero attached hydrogens (tertiary/aromatic N) is 1. The van der Waals surface area contributed by atoms with Crippen LogP contribution in [0.4, 0.5) is 0 Å². The molecule has 4 nitrogen and oxygen atoms in total. The summed E-state index contributed by atoms with van der Waals surface area (Å²) in [7, 11) is -3.45. The standard InChI is InChI=1S/C18H27NO3S/c1-4-5-6-7-8-9-16(20)19-15-12-14-10-11-18(15,17(14,2)3)13-23(19,21)22/h14-15H,6-13H2,1-3H3/t14-,15-,18-/m0/s1. The Morgan fingerprint density at radius 1 is 1.30 bits per heavy atom. The number of unbranched alkanes of at least 4 members (excludes halogenated alkanes) is 2. The third-order valence-electron chi connectivity index (χ3n) is 6.78. The fraction of sp³-hybridized carbons (Fsp3) is 0.833. The number of carbonyl (C=O) groups is 1. The van der Waals surface area contributed by atoms with Crippen LogP contribution < -0.4 is 0 Å². The zero-order chi connectivity index (χ0) is 16.9. The average molecular weight is 337 g/mol. The van der Waals surface area contributed by atoms with Crippen molar-refractivity contribution in [2.75, 3.05) is 5.75 Å². The second-order valence-electron chi connectivity index (χ2n) is 7.94. The van der Waals surface area contributed by atoms with Gasteiger partial charge in [-0.1, -0.05) is 13.8 Å². The van der Waals surface area contributed by atoms with Crippen molar-refractivity contribution in [1.82, 2.24) is 4.31 Å². The lowest BCUT2D eigenvalue weighted by molar-refractivity contribution is -0.129. The lowest BCUT2D eigenvalue weighted by Gasteiger charge is -2.37. The van der Waals surface area contributed by atoms with Crippen LogP contribution in [0.3, 0.4) is 0 Å². The molecule has 1 aliphatic heterocycles. The lowest BCUT2D eigenvalue weighted by atomic mass is 9.69. The van der Waals surface area contributed by atoms with Crippen LogP contribution in [0.15, 0.2) is 0 Å². The molecule has 1 amide bonds. The Labute approximate surface area is 140 Å². The molecule has 0 aromatic rings. The molecule has 3 atom stereocenters. The van der Waals surface area contributed by atoms with Crippen LogP contribution in [0.2, 0.25) is 0 Å². The summed E-state index contributed by atoms with van der Waals surface area (Å²) in [5.41, 5.74) is -0.184. The molecular formula is C18H27NO3S. The molecule has 2 saturated carbocycles. The molecule has 2 aliphatic carbocycles. The number of sulfonamides is 1. The summed E-state index contributed by atoms with van der Waals surface area (Å²) in [6, 6.07) is -0.0933. The van der Waals surface area contributed by atoms with E-state index in [2.05, 4.69) is 25.7 Å². The molecule has 5 heteroatoms. The molecule has 23 heavy (non-hydrogen) atoms. The Hall–Kier alpha value is -1.02. The van der Waals surface area contributed by atoms with Crippen molar-refractivity contribution in [3.8, 4) is 11.8 Å². The molecule has 1 spiro atoms. The highest BCUT2D eigenvalue weighted by Gasteiger charge is 2.72. The Morgan fingerprint density at radius 3 is 2.70 bits per heavy atom. The minimum absolute atomic E-state index is 0.0243. The van der Waals surface area contributed by atoms with Crippen LogP contribution >= 0.6 is 0 Å². The zero-order valence-electron chi connectivity index (χ0n) is 14.4. The van der Waals surface area contributed by atoms with E-state index in [0.29, 0.717) is 18.8 Å². The number of carbonyl (C=O) groups excluding carboxylic acids is 1. The van der Waals surface area contributed by atoms with Gasteiger partial charge in [-0.2, -0.15) is 0 Å². The van der Waals surface area contributed by atoms with Crippen molar-refractivity contribution in [3.05, 3.63) is 0 Å². The maximum Gasteiger partial charge on any atom is 0.238 e. The molecule has 1 heterocycles. The highest BCUT2D eigenvalue weighted by atomic mass is 32.2. The van der Waals surface area contributed by atoms with Crippen LogP contribution in [0.1, 0.15) is 65.7 Å². The molecule has 2 bridgehead atoms. The number of rotatable bonds is 4. The van der Waals surface area contributed by atoms with E-state index in [0.717, 1.165) is 32.1 Å². The van der Waals surface area contributed by atoms with Crippen molar-refractivity contribution >= 4 is 15.9 Å². The first-order valence-corrected chi connectivity index (χ1v) is 10.3. The third-order valence-corrected chi connectivity index (χ3v) is 8.71. The second kappa shape index (κ2) is 5.51. The Morgan fingerprint density at radius 2 is 2.04 bits per heavy atom. The van der Waals surface area contributed by atoms with E-state index in [1.165, 1.54) is 4.31 Å². The lowest BCUT2D eigenvalue weighted by Crippen LogP contribution is -2.44. The maximum absolute atomic E-state index is 12.7. The Bertz CT molecular complexity index is 670. The second-order valence-corrected chi connectivity index (χ2v) is 9.79. The first-order chi connectivity index (χ1) is 10.8. The molecule has 0 aromatic heterocycles. The van der Waals surface area contributed by atoms with E-state index in [1.54, 1.807) is 6.92 Å². The monoisotopic (exact) mass is 337 g/mol. The maximum atomic E-state index is 12.7. The van der Waals surface area contributed by atoms with E-state index in [-0.39, 0.29) is 28.5 Å². The van der Waals surface area contributed by atoms with E-state index < -0.39 is 10.0 Å². The molecule has 128 valence electrons. The van der Waals surface area contributed by atoms with Gasteiger partial charge in [0.2, 0.25) is 15.9 Å². The van der Waals surface area contributed by atoms with Gasteiger partial charge < -0.3 is 0 Å². The summed E-state index contributed by atoms with van der Waals surface area (Å²) >= 11 is 0. The summed E-state index contributed by atoms with van der Waals surface area (Å²) in [5.74, 6) is 6.35. The molecular weight excluding hydrogens is 310 g/mol. The van der Waals surface area contributed by atoms with Gasteiger partial charge in [-0.05, 0) is 50.4 Å². The molecule has 1 saturated heterocycles. The van der Waals surface area contributed by atoms with Gasteiger partial charge in [-0.15, -0.1) is 11.8 Å². The number of fused-ring (bicyclic) bond motifs is 1. The minimum atomic E-state index is -3.45. The SMILES string of the molecule is CC#CCCCCC(=O)N1[C@H]2C[C@@H]3CC[C@@]2(CS1(=O)=O)C3(C)C. The zero-order valence-corrected chi connectivity index (χ0v) is 15.2. The molecule has 3 fully saturated rings. The number of amides is 1. The van der Waals surface area contributed by atoms with Gasteiger partial charge in [0, 0.05) is 18.3 Å². The smallest absolute Gasteiger partial charge is 0.238 e. The van der Waals surface area contributed by atoms with Crippen molar-refractivity contribution in [3.63, 3.8) is 0 Å². The predicted octanol–water partition coefficient (Wildman–Crippen LogP) is 2.94. The van der Waals surface area contributed by atoms with Gasteiger partial charge in [-0.3, -0.25) is 4.79 Å². The van der Waals surface area contributed by atoms with Crippen molar-refractivity contribution in [2.24, 2.45) is 16.7 Å². The molecule has 3 aliphatic rings. The summed E-state index contributed by atoms with van der Waals surface area (Å²) in [6.07, 6.45) is 5.58. The molecule has 0 unspecified atom stereocenters. The van der Waals surface area contributed by atoms with Gasteiger partial charge in [-0.25, -0.2) is 12.7 Å². The summed E-state index contributed by atoms with van der Waals surface area (Å²) in [6.45, 7) is 6.22. The quantitative estimate of drug-likeness (QED) is 0.585. The van der Waals surface area contributed by atoms with Gasteiger partial charge in [0.25, 0.3) is 0 Å². The van der Waals surface area contributed by atoms with E-state index >= 15 is 0 Å². The van der Waals surface area contributed by atoms with Crippen LogP contribution in [0.25, 0.3) is 0 Å². The first kappa shape index (κ1) is 16.8. The van der Waals surface area contributed by atoms with E-state index in [9.17, 15) is 13.2 Å². The Kier molecular flexibility index (Phi) is 4.03. The van der Waals surface area contributed by atoms with Crippen LogP contribution in [-0.4, -0.2) is 30.4 Å². The van der Waals surface area contributed by atoms with E-state index in [4.69, 9.17) is 0 Å². The van der Waals surface area contributed by atoms with E-state index in [1.807, 2.05) is 0 Å². The first-order valence-electron chi connectivity index (χ1n) is 8.71. The summed E-state index contributed by atoms with van der Waals surface area (Å²) < 4.78 is 26.7. The van der Waals surface area contributed by atoms with Crippen LogP contribution in [0.5, 0.6) is 0 Å². The molecule has 0 N–H and O–H groups in total. The van der Waals surface area contributed by atoms with Crippen molar-refractivity contribution in [1.29, 1.82) is 0 Å². The van der Waals surface area contributed by atoms with Crippen molar-refractivity contribution in [2.45, 2.75) is 71.8 Å². The summed E-state index contributed by atoms with van der Waals surface area (Å²) in [4.78, 5) is 12.6. The van der Waals surface area contributed by atoms with Gasteiger partial charge in [0.1, 0.15) is 0 Å². The fourth-order valence-electron chi connectivity index (χ4n) is 5.34. The largest absolute Gasteiger partial charge is 0.274 e. The number of hydrogen-bond donors (Lipinski definition) is 0. The van der Waals surface area contributed by atoms with Gasteiger partial charge >= 0.3 is 0 Å². The van der Waals surface area contributed by atoms with Crippen LogP contribution in [0, 0.1) is 28.6 Å². The summed E-state index contributed by atoms with van der Waals surface area (Å²) in [5, 5.41) is 0. The molecule has 3 rings (SSSR count). The minimum Gasteiger partial charge on any atom is -0.274 e. The van der Waals surface area contributed by atoms with Crippen molar-refractivity contribution < 1.29 is 13.2 Å². The molecule has 0 aromatic carbocycles. The fourth-order valence-corrected chi connectivity index (χ4v) is 7.92. The number of hydrogen-bond acceptors (Lipinski definition) is 3. The normalized spacial score (nSPS) is 35.7.